The van der Waals surface area contributed by atoms with Gasteiger partial charge >= 0.3 is 12.1 Å². The Labute approximate surface area is 108 Å². The van der Waals surface area contributed by atoms with Crippen molar-refractivity contribution in [2.45, 2.75) is 25.2 Å². The van der Waals surface area contributed by atoms with Gasteiger partial charge in [-0.05, 0) is 24.6 Å². The molecule has 106 valence electrons. The van der Waals surface area contributed by atoms with Gasteiger partial charge in [0.1, 0.15) is 12.1 Å². The van der Waals surface area contributed by atoms with Crippen LogP contribution in [0.1, 0.15) is 24.2 Å². The van der Waals surface area contributed by atoms with Crippen LogP contribution >= 0.6 is 0 Å². The monoisotopic (exact) mass is 277 g/mol. The first-order valence-electron chi connectivity index (χ1n) is 5.54. The summed E-state index contributed by atoms with van der Waals surface area (Å²) in [6.07, 6.45) is -6.08. The molecule has 19 heavy (non-hydrogen) atoms. The molecule has 0 saturated carbocycles. The number of hydrogen-bond acceptors (Lipinski definition) is 4. The summed E-state index contributed by atoms with van der Waals surface area (Å²) in [6.45, 7) is 1.63. The SMILES string of the molecule is CCOC(=O)C(N)C(O)c1cccc(C(F)(F)F)c1. The lowest BCUT2D eigenvalue weighted by molar-refractivity contribution is -0.147. The summed E-state index contributed by atoms with van der Waals surface area (Å²) in [6, 6.07) is 2.59. The lowest BCUT2D eigenvalue weighted by atomic mass is 10.0. The molecule has 0 saturated heterocycles. The second kappa shape index (κ2) is 6.03. The fourth-order valence-electron chi connectivity index (χ4n) is 1.47. The van der Waals surface area contributed by atoms with Gasteiger partial charge in [0.2, 0.25) is 0 Å². The van der Waals surface area contributed by atoms with Crippen LogP contribution in [-0.4, -0.2) is 23.7 Å². The molecule has 3 N–H and O–H groups in total. The van der Waals surface area contributed by atoms with Crippen LogP contribution in [0.3, 0.4) is 0 Å². The van der Waals surface area contributed by atoms with Gasteiger partial charge in [-0.3, -0.25) is 4.79 Å². The predicted octanol–water partition coefficient (Wildman–Crippen LogP) is 1.63. The molecule has 0 radical (unpaired) electrons. The third kappa shape index (κ3) is 3.93. The van der Waals surface area contributed by atoms with Crippen molar-refractivity contribution < 1.29 is 27.8 Å². The Hall–Kier alpha value is -1.60. The van der Waals surface area contributed by atoms with Gasteiger partial charge in [-0.25, -0.2) is 0 Å². The Balaban J connectivity index is 2.94. The number of rotatable bonds is 4. The molecule has 1 rings (SSSR count). The number of carbonyl (C=O) groups is 1. The molecule has 0 heterocycles. The summed E-state index contributed by atoms with van der Waals surface area (Å²) >= 11 is 0. The number of carbonyl (C=O) groups excluding carboxylic acids is 1. The van der Waals surface area contributed by atoms with Crippen LogP contribution in [0.25, 0.3) is 0 Å². The normalized spacial score (nSPS) is 14.8. The number of nitrogens with two attached hydrogens (primary N) is 1. The predicted molar refractivity (Wildman–Crippen MR) is 61.0 cm³/mol. The van der Waals surface area contributed by atoms with Crippen molar-refractivity contribution >= 4 is 5.97 Å². The highest BCUT2D eigenvalue weighted by Crippen LogP contribution is 2.31. The van der Waals surface area contributed by atoms with Crippen LogP contribution < -0.4 is 5.73 Å². The number of ether oxygens (including phenoxy) is 1. The van der Waals surface area contributed by atoms with Crippen molar-refractivity contribution in [1.29, 1.82) is 0 Å². The van der Waals surface area contributed by atoms with Gasteiger partial charge in [-0.1, -0.05) is 12.1 Å². The zero-order valence-electron chi connectivity index (χ0n) is 10.1. The van der Waals surface area contributed by atoms with Gasteiger partial charge in [0.05, 0.1) is 12.2 Å². The molecule has 0 aromatic heterocycles. The van der Waals surface area contributed by atoms with E-state index in [9.17, 15) is 23.1 Å². The average molecular weight is 277 g/mol. The summed E-state index contributed by atoms with van der Waals surface area (Å²) in [7, 11) is 0. The molecule has 7 heteroatoms. The molecule has 0 fully saturated rings. The van der Waals surface area contributed by atoms with E-state index in [1.807, 2.05) is 0 Å². The number of aliphatic hydroxyl groups is 1. The molecule has 0 amide bonds. The van der Waals surface area contributed by atoms with Gasteiger partial charge in [-0.2, -0.15) is 13.2 Å². The van der Waals surface area contributed by atoms with Gasteiger partial charge in [0.15, 0.2) is 0 Å². The molecule has 0 aliphatic carbocycles. The summed E-state index contributed by atoms with van der Waals surface area (Å²) in [5, 5.41) is 9.78. The number of hydrogen-bond donors (Lipinski definition) is 2. The van der Waals surface area contributed by atoms with E-state index in [0.717, 1.165) is 18.2 Å². The van der Waals surface area contributed by atoms with Crippen molar-refractivity contribution in [3.05, 3.63) is 35.4 Å². The Morgan fingerprint density at radius 3 is 2.63 bits per heavy atom. The van der Waals surface area contributed by atoms with Crippen LogP contribution in [-0.2, 0) is 15.7 Å². The fraction of sp³-hybridized carbons (Fsp3) is 0.417. The smallest absolute Gasteiger partial charge is 0.416 e. The lowest BCUT2D eigenvalue weighted by Crippen LogP contribution is -2.38. The minimum atomic E-state index is -4.52. The van der Waals surface area contributed by atoms with E-state index in [-0.39, 0.29) is 12.2 Å². The minimum absolute atomic E-state index is 0.0713. The standard InChI is InChI=1S/C12H14F3NO3/c1-2-19-11(18)9(16)10(17)7-4-3-5-8(6-7)12(13,14)15/h3-6,9-10,17H,2,16H2,1H3. The average Bonchev–Trinajstić information content (AvgIpc) is 2.36. The summed E-state index contributed by atoms with van der Waals surface area (Å²) in [5.74, 6) is -0.868. The van der Waals surface area contributed by atoms with Crippen LogP contribution in [0.2, 0.25) is 0 Å². The number of esters is 1. The van der Waals surface area contributed by atoms with Crippen LogP contribution in [0.5, 0.6) is 0 Å². The van der Waals surface area contributed by atoms with E-state index in [1.54, 1.807) is 6.92 Å². The van der Waals surface area contributed by atoms with Gasteiger partial charge < -0.3 is 15.6 Å². The molecule has 1 aromatic carbocycles. The first-order chi connectivity index (χ1) is 8.77. The van der Waals surface area contributed by atoms with Gasteiger partial charge in [-0.15, -0.1) is 0 Å². The highest BCUT2D eigenvalue weighted by atomic mass is 19.4. The third-order valence-corrected chi connectivity index (χ3v) is 2.45. The third-order valence-electron chi connectivity index (χ3n) is 2.45. The highest BCUT2D eigenvalue weighted by Gasteiger charge is 2.32. The van der Waals surface area contributed by atoms with E-state index in [2.05, 4.69) is 4.74 Å². The lowest BCUT2D eigenvalue weighted by Gasteiger charge is -2.18. The maximum absolute atomic E-state index is 12.5. The van der Waals surface area contributed by atoms with Crippen molar-refractivity contribution in [3.63, 3.8) is 0 Å². The summed E-state index contributed by atoms with van der Waals surface area (Å²) in [4.78, 5) is 11.3. The number of alkyl halides is 3. The van der Waals surface area contributed by atoms with E-state index in [0.29, 0.717) is 0 Å². The highest BCUT2D eigenvalue weighted by molar-refractivity contribution is 5.76. The topological polar surface area (TPSA) is 72.5 Å². The van der Waals surface area contributed by atoms with Crippen LogP contribution in [0, 0.1) is 0 Å². The fourth-order valence-corrected chi connectivity index (χ4v) is 1.47. The minimum Gasteiger partial charge on any atom is -0.465 e. The molecule has 1 aromatic rings. The molecule has 0 bridgehead atoms. The molecule has 2 unspecified atom stereocenters. The quantitative estimate of drug-likeness (QED) is 0.820. The molecule has 2 atom stereocenters. The molecular weight excluding hydrogens is 263 g/mol. The second-order valence-electron chi connectivity index (χ2n) is 3.85. The Morgan fingerprint density at radius 2 is 2.11 bits per heavy atom. The van der Waals surface area contributed by atoms with E-state index < -0.39 is 29.9 Å². The molecule has 4 nitrogen and oxygen atoms in total. The number of benzene rings is 1. The van der Waals surface area contributed by atoms with Crippen LogP contribution in [0.15, 0.2) is 24.3 Å². The summed E-state index contributed by atoms with van der Waals surface area (Å²) < 4.78 is 42.1. The maximum atomic E-state index is 12.5. The van der Waals surface area contributed by atoms with E-state index in [4.69, 9.17) is 5.73 Å². The largest absolute Gasteiger partial charge is 0.465 e. The Morgan fingerprint density at radius 1 is 1.47 bits per heavy atom. The van der Waals surface area contributed by atoms with E-state index in [1.165, 1.54) is 6.07 Å². The van der Waals surface area contributed by atoms with Crippen molar-refractivity contribution in [2.75, 3.05) is 6.61 Å². The van der Waals surface area contributed by atoms with Crippen molar-refractivity contribution in [1.82, 2.24) is 0 Å². The zero-order chi connectivity index (χ0) is 14.6. The molecule has 0 aliphatic rings. The first kappa shape index (κ1) is 15.5. The molecule has 0 spiro atoms. The Kier molecular flexibility index (Phi) is 4.90. The number of aliphatic hydroxyl groups excluding tert-OH is 1. The van der Waals surface area contributed by atoms with Crippen molar-refractivity contribution in [2.24, 2.45) is 5.73 Å². The second-order valence-corrected chi connectivity index (χ2v) is 3.85. The van der Waals surface area contributed by atoms with Gasteiger partial charge in [0.25, 0.3) is 0 Å². The van der Waals surface area contributed by atoms with Crippen molar-refractivity contribution in [3.8, 4) is 0 Å². The van der Waals surface area contributed by atoms with Gasteiger partial charge in [0, 0.05) is 0 Å². The zero-order valence-corrected chi connectivity index (χ0v) is 10.1. The molecule has 0 aliphatic heterocycles. The number of halogens is 3. The summed E-state index contributed by atoms with van der Waals surface area (Å²) in [5.41, 5.74) is 4.43. The van der Waals surface area contributed by atoms with Crippen LogP contribution in [0.4, 0.5) is 13.2 Å². The Bertz CT molecular complexity index is 448. The first-order valence-corrected chi connectivity index (χ1v) is 5.54. The molecular formula is C12H14F3NO3. The maximum Gasteiger partial charge on any atom is 0.416 e. The van der Waals surface area contributed by atoms with E-state index >= 15 is 0 Å².